The van der Waals surface area contributed by atoms with Gasteiger partial charge in [0.15, 0.2) is 0 Å². The Morgan fingerprint density at radius 2 is 0.750 bits per heavy atom. The summed E-state index contributed by atoms with van der Waals surface area (Å²) in [5, 5.41) is 0. The van der Waals surface area contributed by atoms with Crippen LogP contribution in [0.25, 0.3) is 0 Å². The van der Waals surface area contributed by atoms with Crippen molar-refractivity contribution in [3.05, 3.63) is 35.9 Å². The summed E-state index contributed by atoms with van der Waals surface area (Å²) >= 11 is 0. The summed E-state index contributed by atoms with van der Waals surface area (Å²) in [4.78, 5) is 0. The molecule has 0 saturated heterocycles. The Morgan fingerprint density at radius 3 is 0.833 bits per heavy atom. The zero-order chi connectivity index (χ0) is 18.6. The van der Waals surface area contributed by atoms with Gasteiger partial charge in [-0.1, -0.05) is 35.9 Å². The number of benzene rings is 1. The molecule has 0 spiro atoms. The molecular formula is C7H12B3F12NNa-3. The van der Waals surface area contributed by atoms with Crippen molar-refractivity contribution in [3.63, 3.8) is 0 Å². The Balaban J connectivity index is -0.0000000470. The van der Waals surface area contributed by atoms with E-state index in [0.717, 1.165) is 0 Å². The van der Waals surface area contributed by atoms with Crippen molar-refractivity contribution in [3.8, 4) is 0 Å². The summed E-state index contributed by atoms with van der Waals surface area (Å²) < 4.78 is 117. The zero-order valence-corrected chi connectivity index (χ0v) is 14.4. The Bertz CT molecular complexity index is 327. The van der Waals surface area contributed by atoms with Crippen molar-refractivity contribution in [2.75, 3.05) is 0 Å². The summed E-state index contributed by atoms with van der Waals surface area (Å²) in [6.07, 6.45) is 0. The first-order chi connectivity index (χ1) is 9.39. The molecule has 142 valence electrons. The second-order valence-corrected chi connectivity index (χ2v) is 3.14. The van der Waals surface area contributed by atoms with Gasteiger partial charge in [-0.05, 0) is 6.92 Å². The molecule has 17 heteroatoms. The molecule has 0 fully saturated rings. The van der Waals surface area contributed by atoms with Gasteiger partial charge >= 0.3 is 51.3 Å². The van der Waals surface area contributed by atoms with Crippen molar-refractivity contribution in [2.45, 2.75) is 6.92 Å². The molecule has 1 rings (SSSR count). The van der Waals surface area contributed by atoms with Crippen molar-refractivity contribution in [1.82, 2.24) is 6.15 Å². The molecule has 0 aliphatic heterocycles. The molecule has 0 aliphatic rings. The fraction of sp³-hybridized carbons (Fsp3) is 0.143. The van der Waals surface area contributed by atoms with Gasteiger partial charge in [-0.25, -0.2) is 0 Å². The molecule has 0 atom stereocenters. The molecule has 0 amide bonds. The average Bonchev–Trinajstić information content (AvgIpc) is 2.09. The van der Waals surface area contributed by atoms with E-state index in [1.165, 1.54) is 5.56 Å². The molecule has 1 aromatic carbocycles. The van der Waals surface area contributed by atoms with Crippen molar-refractivity contribution in [1.29, 1.82) is 0 Å². The van der Waals surface area contributed by atoms with E-state index in [2.05, 4.69) is 19.1 Å². The fourth-order valence-electron chi connectivity index (χ4n) is 0.534. The number of aryl methyl sites for hydroxylation is 1. The van der Waals surface area contributed by atoms with Gasteiger partial charge in [-0.15, -0.1) is 0 Å². The van der Waals surface area contributed by atoms with Crippen molar-refractivity contribution >= 4 is 21.8 Å². The van der Waals surface area contributed by atoms with Gasteiger partial charge in [-0.3, -0.25) is 0 Å². The second kappa shape index (κ2) is 16.0. The normalized spacial score (nSPS) is 10.0. The Hall–Kier alpha value is -0.465. The van der Waals surface area contributed by atoms with Crippen LogP contribution in [0.3, 0.4) is 0 Å². The molecular weight excluding hydrogens is 381 g/mol. The van der Waals surface area contributed by atoms with Crippen LogP contribution in [0.15, 0.2) is 30.3 Å². The van der Waals surface area contributed by atoms with Gasteiger partial charge < -0.3 is 59.4 Å². The molecule has 0 aliphatic carbocycles. The summed E-state index contributed by atoms with van der Waals surface area (Å²) in [7, 11) is -18.0. The minimum absolute atomic E-state index is 0. The van der Waals surface area contributed by atoms with Crippen LogP contribution in [0, 0.1) is 6.92 Å². The second-order valence-electron chi connectivity index (χ2n) is 3.14. The molecule has 0 radical (unpaired) electrons. The van der Waals surface area contributed by atoms with E-state index in [1.807, 2.05) is 18.2 Å². The van der Waals surface area contributed by atoms with Gasteiger partial charge in [0.1, 0.15) is 0 Å². The van der Waals surface area contributed by atoms with Crippen LogP contribution in [-0.4, -0.2) is 21.8 Å². The first kappa shape index (κ1) is 34.8. The van der Waals surface area contributed by atoms with Crippen LogP contribution in [0.4, 0.5) is 51.8 Å². The minimum Gasteiger partial charge on any atom is -1.00 e. The van der Waals surface area contributed by atoms with Crippen LogP contribution in [0.2, 0.25) is 0 Å². The fourth-order valence-corrected chi connectivity index (χ4v) is 0.534. The number of hydrogen-bond donors (Lipinski definition) is 1. The Labute approximate surface area is 153 Å². The molecule has 0 aromatic heterocycles. The first-order valence-electron chi connectivity index (χ1n) is 5.03. The predicted molar refractivity (Wildman–Crippen MR) is 67.9 cm³/mol. The number of halogens is 12. The summed E-state index contributed by atoms with van der Waals surface area (Å²) in [6.45, 7) is 2.08. The maximum atomic E-state index is 9.75. The van der Waals surface area contributed by atoms with E-state index in [9.17, 15) is 51.8 Å². The molecule has 1 aromatic rings. The Kier molecular flexibility index (Phi) is 23.2. The van der Waals surface area contributed by atoms with E-state index in [4.69, 9.17) is 0 Å². The smallest absolute Gasteiger partial charge is 1.00 e. The first-order valence-corrected chi connectivity index (χ1v) is 5.03. The molecule has 0 saturated carbocycles. The van der Waals surface area contributed by atoms with E-state index in [0.29, 0.717) is 0 Å². The van der Waals surface area contributed by atoms with Crippen LogP contribution in [-0.2, 0) is 0 Å². The minimum atomic E-state index is -6.00. The third-order valence-corrected chi connectivity index (χ3v) is 0.940. The van der Waals surface area contributed by atoms with Crippen molar-refractivity contribution in [2.24, 2.45) is 0 Å². The van der Waals surface area contributed by atoms with Crippen molar-refractivity contribution < 1.29 is 82.8 Å². The molecule has 1 nitrogen and oxygen atoms in total. The summed E-state index contributed by atoms with van der Waals surface area (Å²) in [5.41, 5.74) is 1.32. The number of rotatable bonds is 0. The third kappa shape index (κ3) is 160. The molecule has 0 heterocycles. The van der Waals surface area contributed by atoms with Gasteiger partial charge in [-0.2, -0.15) is 0 Å². The van der Waals surface area contributed by atoms with Crippen LogP contribution < -0.4 is 35.7 Å². The molecule has 24 heavy (non-hydrogen) atoms. The molecule has 3 N–H and O–H groups in total. The quantitative estimate of drug-likeness (QED) is 0.533. The van der Waals surface area contributed by atoms with Gasteiger partial charge in [0, 0.05) is 0 Å². The standard InChI is InChI=1S/C7H8.3BF4.H3N.Na.H/c1-7-5-3-2-4-6-7;3*2-1(3,4)5;;;/h2-6H,1H3;;;;1H3;;/q;3*-1;;+1;-1. The SMILES string of the molecule is Cc1ccccc1.F[B-](F)(F)F.F[B-](F)(F)F.F[B-](F)(F)F.N.[H-].[Na+]. The molecule has 0 bridgehead atoms. The van der Waals surface area contributed by atoms with Gasteiger partial charge in [0.25, 0.3) is 0 Å². The zero-order valence-electron chi connectivity index (χ0n) is 13.4. The maximum Gasteiger partial charge on any atom is 1.00 e. The van der Waals surface area contributed by atoms with E-state index < -0.39 is 21.8 Å². The van der Waals surface area contributed by atoms with E-state index in [1.54, 1.807) is 0 Å². The van der Waals surface area contributed by atoms with E-state index >= 15 is 0 Å². The van der Waals surface area contributed by atoms with E-state index in [-0.39, 0.29) is 37.1 Å². The third-order valence-electron chi connectivity index (χ3n) is 0.940. The molecule has 0 unspecified atom stereocenters. The maximum absolute atomic E-state index is 9.75. The van der Waals surface area contributed by atoms with Crippen LogP contribution in [0.1, 0.15) is 6.99 Å². The Morgan fingerprint density at radius 1 is 0.583 bits per heavy atom. The van der Waals surface area contributed by atoms with Gasteiger partial charge in [0.05, 0.1) is 0 Å². The average molecular weight is 394 g/mol. The predicted octanol–water partition coefficient (Wildman–Crippen LogP) is 3.17. The van der Waals surface area contributed by atoms with Gasteiger partial charge in [0.2, 0.25) is 0 Å². The summed E-state index contributed by atoms with van der Waals surface area (Å²) in [6, 6.07) is 10.3. The largest absolute Gasteiger partial charge is 1.00 e. The number of hydrogen-bond acceptors (Lipinski definition) is 1. The monoisotopic (exact) mass is 394 g/mol. The topological polar surface area (TPSA) is 35.0 Å². The summed E-state index contributed by atoms with van der Waals surface area (Å²) in [5.74, 6) is 0. The van der Waals surface area contributed by atoms with Crippen LogP contribution in [0.5, 0.6) is 0 Å². The van der Waals surface area contributed by atoms with Crippen LogP contribution >= 0.6 is 0 Å².